The lowest BCUT2D eigenvalue weighted by Gasteiger charge is -2.11. The lowest BCUT2D eigenvalue weighted by molar-refractivity contribution is -0.136. The number of carbonyl (C=O) groups is 2. The normalized spacial score (nSPS) is 10.4. The number of nitrogens with zero attached hydrogens (tertiary/aromatic N) is 2. The molecule has 7 heteroatoms. The molecule has 2 amide bonds. The van der Waals surface area contributed by atoms with Gasteiger partial charge in [0.1, 0.15) is 5.75 Å². The van der Waals surface area contributed by atoms with Crippen LogP contribution in [0.4, 0.5) is 11.4 Å². The summed E-state index contributed by atoms with van der Waals surface area (Å²) in [7, 11) is 5.42. The zero-order valence-electron chi connectivity index (χ0n) is 14.3. The number of hydrogen-bond donors (Lipinski definition) is 2. The molecule has 0 heterocycles. The molecular formula is C18H20N4O3. The topological polar surface area (TPSA) is 83.0 Å². The molecular weight excluding hydrogens is 320 g/mol. The highest BCUT2D eigenvalue weighted by molar-refractivity contribution is 6.39. The number of benzene rings is 2. The maximum Gasteiger partial charge on any atom is 0.329 e. The van der Waals surface area contributed by atoms with Crippen molar-refractivity contribution in [2.45, 2.75) is 0 Å². The number of hydrogen-bond acceptors (Lipinski definition) is 5. The number of amides is 2. The molecule has 0 unspecified atom stereocenters. The Bertz CT molecular complexity index is 770. The van der Waals surface area contributed by atoms with Crippen LogP contribution in [0.25, 0.3) is 0 Å². The predicted molar refractivity (Wildman–Crippen MR) is 98.1 cm³/mol. The van der Waals surface area contributed by atoms with E-state index < -0.39 is 11.8 Å². The smallest absolute Gasteiger partial charge is 0.329 e. The summed E-state index contributed by atoms with van der Waals surface area (Å²) in [5, 5.41) is 6.26. The van der Waals surface area contributed by atoms with Crippen molar-refractivity contribution in [3.8, 4) is 5.75 Å². The standard InChI is InChI=1S/C18H20N4O3/c1-22(2)15-9-7-13(8-10-15)12-19-21-18(24)17(23)20-14-5-4-6-16(11-14)25-3/h4-12H,1-3H3,(H,20,23)(H,21,24). The van der Waals surface area contributed by atoms with E-state index in [0.717, 1.165) is 11.3 Å². The van der Waals surface area contributed by atoms with E-state index in [-0.39, 0.29) is 0 Å². The molecule has 0 saturated heterocycles. The first kappa shape index (κ1) is 18.0. The molecule has 0 spiro atoms. The quantitative estimate of drug-likeness (QED) is 0.494. The SMILES string of the molecule is COc1cccc(NC(=O)C(=O)NN=Cc2ccc(N(C)C)cc2)c1. The molecule has 0 aliphatic heterocycles. The van der Waals surface area contributed by atoms with Gasteiger partial charge in [0.2, 0.25) is 0 Å². The number of anilines is 2. The second kappa shape index (κ2) is 8.49. The van der Waals surface area contributed by atoms with Crippen LogP contribution in [0.15, 0.2) is 53.6 Å². The highest BCUT2D eigenvalue weighted by Gasteiger charge is 2.13. The van der Waals surface area contributed by atoms with Crippen LogP contribution in [0.1, 0.15) is 5.56 Å². The molecule has 0 bridgehead atoms. The van der Waals surface area contributed by atoms with Crippen molar-refractivity contribution in [2.75, 3.05) is 31.4 Å². The van der Waals surface area contributed by atoms with Gasteiger partial charge in [-0.25, -0.2) is 5.43 Å². The fourth-order valence-corrected chi connectivity index (χ4v) is 1.96. The Kier molecular flexibility index (Phi) is 6.11. The van der Waals surface area contributed by atoms with Crippen LogP contribution in [0, 0.1) is 0 Å². The van der Waals surface area contributed by atoms with Gasteiger partial charge in [-0.15, -0.1) is 0 Å². The van der Waals surface area contributed by atoms with Crippen LogP contribution in [0.5, 0.6) is 5.75 Å². The Hall–Kier alpha value is -3.35. The summed E-state index contributed by atoms with van der Waals surface area (Å²) in [6.07, 6.45) is 1.47. The lowest BCUT2D eigenvalue weighted by Crippen LogP contribution is -2.32. The summed E-state index contributed by atoms with van der Waals surface area (Å²) in [4.78, 5) is 25.6. The Morgan fingerprint density at radius 3 is 2.44 bits per heavy atom. The second-order valence-corrected chi connectivity index (χ2v) is 5.37. The van der Waals surface area contributed by atoms with Crippen molar-refractivity contribution >= 4 is 29.4 Å². The van der Waals surface area contributed by atoms with Gasteiger partial charge in [-0.2, -0.15) is 5.10 Å². The van der Waals surface area contributed by atoms with Crippen molar-refractivity contribution in [3.63, 3.8) is 0 Å². The van der Waals surface area contributed by atoms with E-state index in [1.54, 1.807) is 24.3 Å². The number of rotatable bonds is 5. The van der Waals surface area contributed by atoms with Crippen LogP contribution >= 0.6 is 0 Å². The van der Waals surface area contributed by atoms with Crippen molar-refractivity contribution in [1.29, 1.82) is 0 Å². The van der Waals surface area contributed by atoms with E-state index in [0.29, 0.717) is 11.4 Å². The monoisotopic (exact) mass is 340 g/mol. The van der Waals surface area contributed by atoms with Gasteiger partial charge in [0, 0.05) is 31.5 Å². The van der Waals surface area contributed by atoms with Crippen LogP contribution < -0.4 is 20.4 Å². The molecule has 7 nitrogen and oxygen atoms in total. The molecule has 25 heavy (non-hydrogen) atoms. The average Bonchev–Trinajstić information content (AvgIpc) is 2.62. The fraction of sp³-hybridized carbons (Fsp3) is 0.167. The first-order chi connectivity index (χ1) is 12.0. The summed E-state index contributed by atoms with van der Waals surface area (Å²) in [5.74, 6) is -1.09. The summed E-state index contributed by atoms with van der Waals surface area (Å²) in [6, 6.07) is 14.3. The zero-order chi connectivity index (χ0) is 18.2. The van der Waals surface area contributed by atoms with E-state index in [1.165, 1.54) is 13.3 Å². The first-order valence-electron chi connectivity index (χ1n) is 7.55. The van der Waals surface area contributed by atoms with Crippen LogP contribution in [-0.2, 0) is 9.59 Å². The van der Waals surface area contributed by atoms with Crippen LogP contribution in [-0.4, -0.2) is 39.2 Å². The van der Waals surface area contributed by atoms with Crippen molar-refractivity contribution < 1.29 is 14.3 Å². The van der Waals surface area contributed by atoms with Gasteiger partial charge in [0.25, 0.3) is 0 Å². The van der Waals surface area contributed by atoms with Gasteiger partial charge in [-0.05, 0) is 29.8 Å². The molecule has 2 aromatic carbocycles. The van der Waals surface area contributed by atoms with Gasteiger partial charge < -0.3 is 15.0 Å². The molecule has 0 fully saturated rings. The molecule has 0 aromatic heterocycles. The maximum absolute atomic E-state index is 11.8. The Morgan fingerprint density at radius 2 is 1.80 bits per heavy atom. The van der Waals surface area contributed by atoms with Crippen LogP contribution in [0.3, 0.4) is 0 Å². The summed E-state index contributed by atoms with van der Waals surface area (Å²) in [6.45, 7) is 0. The number of carbonyl (C=O) groups excluding carboxylic acids is 2. The summed E-state index contributed by atoms with van der Waals surface area (Å²) >= 11 is 0. The Labute approximate surface area is 146 Å². The number of hydrazone groups is 1. The van der Waals surface area contributed by atoms with Crippen LogP contribution in [0.2, 0.25) is 0 Å². The third-order valence-corrected chi connectivity index (χ3v) is 3.32. The second-order valence-electron chi connectivity index (χ2n) is 5.37. The highest BCUT2D eigenvalue weighted by Crippen LogP contribution is 2.16. The summed E-state index contributed by atoms with van der Waals surface area (Å²) in [5.41, 5.74) is 4.51. The first-order valence-corrected chi connectivity index (χ1v) is 7.55. The number of methoxy groups -OCH3 is 1. The maximum atomic E-state index is 11.8. The van der Waals surface area contributed by atoms with Gasteiger partial charge in [0.15, 0.2) is 0 Å². The molecule has 0 atom stereocenters. The van der Waals surface area contributed by atoms with Gasteiger partial charge in [-0.3, -0.25) is 9.59 Å². The third kappa shape index (κ3) is 5.35. The minimum atomic E-state index is -0.857. The molecule has 2 N–H and O–H groups in total. The molecule has 0 saturated carbocycles. The number of nitrogens with one attached hydrogen (secondary N) is 2. The van der Waals surface area contributed by atoms with E-state index in [9.17, 15) is 9.59 Å². The molecule has 0 aliphatic rings. The highest BCUT2D eigenvalue weighted by atomic mass is 16.5. The molecule has 2 aromatic rings. The Balaban J connectivity index is 1.89. The summed E-state index contributed by atoms with van der Waals surface area (Å²) < 4.78 is 5.06. The molecule has 0 aliphatic carbocycles. The zero-order valence-corrected chi connectivity index (χ0v) is 14.3. The van der Waals surface area contributed by atoms with Gasteiger partial charge in [-0.1, -0.05) is 18.2 Å². The van der Waals surface area contributed by atoms with E-state index >= 15 is 0 Å². The largest absolute Gasteiger partial charge is 0.497 e. The predicted octanol–water partition coefficient (Wildman–Crippen LogP) is 1.85. The average molecular weight is 340 g/mol. The lowest BCUT2D eigenvalue weighted by atomic mass is 10.2. The van der Waals surface area contributed by atoms with Crippen molar-refractivity contribution in [3.05, 3.63) is 54.1 Å². The van der Waals surface area contributed by atoms with Gasteiger partial charge >= 0.3 is 11.8 Å². The van der Waals surface area contributed by atoms with E-state index in [1.807, 2.05) is 43.3 Å². The fourth-order valence-electron chi connectivity index (χ4n) is 1.96. The molecule has 0 radical (unpaired) electrons. The van der Waals surface area contributed by atoms with Crippen molar-refractivity contribution in [2.24, 2.45) is 5.10 Å². The Morgan fingerprint density at radius 1 is 1.08 bits per heavy atom. The minimum absolute atomic E-state index is 0.461. The number of ether oxygens (including phenoxy) is 1. The molecule has 2 rings (SSSR count). The van der Waals surface area contributed by atoms with E-state index in [2.05, 4.69) is 15.8 Å². The minimum Gasteiger partial charge on any atom is -0.497 e. The van der Waals surface area contributed by atoms with E-state index in [4.69, 9.17) is 4.74 Å². The third-order valence-electron chi connectivity index (χ3n) is 3.32. The molecule has 130 valence electrons. The van der Waals surface area contributed by atoms with Crippen molar-refractivity contribution in [1.82, 2.24) is 5.43 Å². The van der Waals surface area contributed by atoms with Gasteiger partial charge in [0.05, 0.1) is 13.3 Å².